The maximum atomic E-state index is 10.3. The van der Waals surface area contributed by atoms with Crippen molar-refractivity contribution >= 4 is 6.09 Å². The van der Waals surface area contributed by atoms with Crippen LogP contribution < -0.4 is 15.8 Å². The second-order valence-electron chi connectivity index (χ2n) is 4.59. The molecule has 1 fully saturated rings. The maximum Gasteiger partial charge on any atom is 0.404 e. The fourth-order valence-corrected chi connectivity index (χ4v) is 1.86. The highest BCUT2D eigenvalue weighted by atomic mass is 16.5. The summed E-state index contributed by atoms with van der Waals surface area (Å²) < 4.78 is 5.67. The van der Waals surface area contributed by atoms with Crippen molar-refractivity contribution in [3.05, 3.63) is 29.8 Å². The lowest BCUT2D eigenvalue weighted by molar-refractivity contribution is 0.193. The minimum Gasteiger partial charge on any atom is -0.493 e. The Morgan fingerprint density at radius 1 is 1.44 bits per heavy atom. The first kappa shape index (κ1) is 12.7. The minimum atomic E-state index is -1.01. The Balaban J connectivity index is 1.84. The van der Waals surface area contributed by atoms with Crippen molar-refractivity contribution in [2.24, 2.45) is 5.73 Å². The highest BCUT2D eigenvalue weighted by Crippen LogP contribution is 2.46. The fraction of sp³-hybridized carbons (Fsp3) is 0.462. The van der Waals surface area contributed by atoms with Crippen molar-refractivity contribution < 1.29 is 14.6 Å². The van der Waals surface area contributed by atoms with E-state index in [1.165, 1.54) is 0 Å². The van der Waals surface area contributed by atoms with Crippen molar-refractivity contribution in [1.29, 1.82) is 0 Å². The number of para-hydroxylation sites is 1. The quantitative estimate of drug-likeness (QED) is 0.670. The van der Waals surface area contributed by atoms with Crippen LogP contribution in [0.15, 0.2) is 24.3 Å². The molecule has 1 aliphatic carbocycles. The summed E-state index contributed by atoms with van der Waals surface area (Å²) in [5, 5.41) is 10.7. The summed E-state index contributed by atoms with van der Waals surface area (Å²) in [6.07, 6.45) is 1.62. The van der Waals surface area contributed by atoms with E-state index in [4.69, 9.17) is 15.6 Å². The number of nitrogens with one attached hydrogen (secondary N) is 1. The van der Waals surface area contributed by atoms with Gasteiger partial charge in [-0.2, -0.15) is 0 Å². The molecule has 1 aliphatic rings. The molecular weight excluding hydrogens is 232 g/mol. The van der Waals surface area contributed by atoms with Gasteiger partial charge in [0.2, 0.25) is 0 Å². The van der Waals surface area contributed by atoms with Gasteiger partial charge in [-0.15, -0.1) is 0 Å². The largest absolute Gasteiger partial charge is 0.493 e. The van der Waals surface area contributed by atoms with Gasteiger partial charge in [-0.1, -0.05) is 18.2 Å². The maximum absolute atomic E-state index is 10.3. The molecule has 0 radical (unpaired) electrons. The van der Waals surface area contributed by atoms with Gasteiger partial charge in [0.05, 0.1) is 6.61 Å². The number of hydrogen-bond donors (Lipinski definition) is 3. The molecule has 0 saturated heterocycles. The molecule has 0 unspecified atom stereocenters. The molecule has 0 spiro atoms. The number of carbonyl (C=O) groups is 1. The first-order valence-corrected chi connectivity index (χ1v) is 6.10. The number of benzene rings is 1. The molecule has 1 aromatic rings. The Bertz CT molecular complexity index is 430. The molecule has 0 heterocycles. The summed E-state index contributed by atoms with van der Waals surface area (Å²) in [5.74, 6) is 0.813. The summed E-state index contributed by atoms with van der Waals surface area (Å²) in [7, 11) is 0. The minimum absolute atomic E-state index is 0.212. The molecule has 1 aromatic carbocycles. The molecule has 2 rings (SSSR count). The zero-order valence-electron chi connectivity index (χ0n) is 10.2. The van der Waals surface area contributed by atoms with E-state index < -0.39 is 6.09 Å². The second-order valence-corrected chi connectivity index (χ2v) is 4.59. The molecule has 18 heavy (non-hydrogen) atoms. The number of carboxylic acid groups (broad SMARTS) is 1. The molecule has 0 bridgehead atoms. The van der Waals surface area contributed by atoms with Crippen molar-refractivity contribution in [1.82, 2.24) is 5.32 Å². The van der Waals surface area contributed by atoms with Crippen LogP contribution >= 0.6 is 0 Å². The third-order valence-corrected chi connectivity index (χ3v) is 3.07. The first-order valence-electron chi connectivity index (χ1n) is 6.10. The number of nitrogens with two attached hydrogens (primary N) is 1. The van der Waals surface area contributed by atoms with Crippen molar-refractivity contribution in [3.63, 3.8) is 0 Å². The Kier molecular flexibility index (Phi) is 3.72. The molecule has 5 nitrogen and oxygen atoms in total. The van der Waals surface area contributed by atoms with E-state index in [1.54, 1.807) is 0 Å². The van der Waals surface area contributed by atoms with Crippen molar-refractivity contribution in [3.8, 4) is 5.75 Å². The fourth-order valence-electron chi connectivity index (χ4n) is 1.86. The second kappa shape index (κ2) is 5.27. The van der Waals surface area contributed by atoms with Crippen LogP contribution in [0.25, 0.3) is 0 Å². The number of rotatable bonds is 6. The zero-order chi connectivity index (χ0) is 13.0. The average Bonchev–Trinajstić information content (AvgIpc) is 3.08. The third kappa shape index (κ3) is 3.13. The van der Waals surface area contributed by atoms with Gasteiger partial charge in [0.25, 0.3) is 0 Å². The molecule has 4 N–H and O–H groups in total. The zero-order valence-corrected chi connectivity index (χ0v) is 10.2. The van der Waals surface area contributed by atoms with E-state index >= 15 is 0 Å². The first-order chi connectivity index (χ1) is 8.62. The third-order valence-electron chi connectivity index (χ3n) is 3.07. The Morgan fingerprint density at radius 2 is 2.17 bits per heavy atom. The van der Waals surface area contributed by atoms with Crippen molar-refractivity contribution in [2.45, 2.75) is 24.8 Å². The number of amides is 1. The van der Waals surface area contributed by atoms with Gasteiger partial charge in [0.15, 0.2) is 0 Å². The van der Waals surface area contributed by atoms with Crippen LogP contribution in [0.2, 0.25) is 0 Å². The van der Waals surface area contributed by atoms with Gasteiger partial charge in [-0.3, -0.25) is 0 Å². The van der Waals surface area contributed by atoms with Crippen LogP contribution in [0, 0.1) is 0 Å². The predicted octanol–water partition coefficient (Wildman–Crippen LogP) is 1.67. The predicted molar refractivity (Wildman–Crippen MR) is 67.7 cm³/mol. The van der Waals surface area contributed by atoms with Crippen LogP contribution in [0.4, 0.5) is 4.79 Å². The SMILES string of the molecule is NC1(c2ccccc2OCCCNC(=O)O)CC1. The van der Waals surface area contributed by atoms with E-state index in [2.05, 4.69) is 5.32 Å². The van der Waals surface area contributed by atoms with Crippen LogP contribution in [0.1, 0.15) is 24.8 Å². The molecule has 1 amide bonds. The molecule has 5 heteroatoms. The molecule has 98 valence electrons. The highest BCUT2D eigenvalue weighted by Gasteiger charge is 2.41. The lowest BCUT2D eigenvalue weighted by Gasteiger charge is -2.15. The van der Waals surface area contributed by atoms with Gasteiger partial charge in [0, 0.05) is 17.6 Å². The molecule has 1 saturated carbocycles. The molecule has 0 aliphatic heterocycles. The molecule has 0 aromatic heterocycles. The summed E-state index contributed by atoms with van der Waals surface area (Å²) >= 11 is 0. The van der Waals surface area contributed by atoms with E-state index in [9.17, 15) is 4.79 Å². The van der Waals surface area contributed by atoms with Gasteiger partial charge >= 0.3 is 6.09 Å². The smallest absolute Gasteiger partial charge is 0.404 e. The standard InChI is InChI=1S/C13H18N2O3/c14-13(6-7-13)10-4-1-2-5-11(10)18-9-3-8-15-12(16)17/h1-2,4-5,15H,3,6-9,14H2,(H,16,17). The van der Waals surface area contributed by atoms with Crippen LogP contribution in [0.5, 0.6) is 5.75 Å². The summed E-state index contributed by atoms with van der Waals surface area (Å²) in [4.78, 5) is 10.3. The van der Waals surface area contributed by atoms with Crippen LogP contribution in [-0.4, -0.2) is 24.4 Å². The summed E-state index contributed by atoms with van der Waals surface area (Å²) in [6.45, 7) is 0.874. The van der Waals surface area contributed by atoms with Crippen molar-refractivity contribution in [2.75, 3.05) is 13.2 Å². The normalized spacial score (nSPS) is 16.1. The number of hydrogen-bond acceptors (Lipinski definition) is 3. The van der Waals surface area contributed by atoms with E-state index in [0.29, 0.717) is 19.6 Å². The van der Waals surface area contributed by atoms with E-state index in [1.807, 2.05) is 24.3 Å². The van der Waals surface area contributed by atoms with Gasteiger partial charge in [0.1, 0.15) is 5.75 Å². The lowest BCUT2D eigenvalue weighted by Crippen LogP contribution is -2.23. The average molecular weight is 250 g/mol. The van der Waals surface area contributed by atoms with E-state index in [0.717, 1.165) is 24.2 Å². The summed E-state index contributed by atoms with van der Waals surface area (Å²) in [5.41, 5.74) is 7.01. The summed E-state index contributed by atoms with van der Waals surface area (Å²) in [6, 6.07) is 7.78. The van der Waals surface area contributed by atoms with E-state index in [-0.39, 0.29) is 5.54 Å². The Hall–Kier alpha value is -1.75. The topological polar surface area (TPSA) is 84.6 Å². The monoisotopic (exact) mass is 250 g/mol. The Morgan fingerprint density at radius 3 is 2.83 bits per heavy atom. The highest BCUT2D eigenvalue weighted by molar-refractivity contribution is 5.64. The number of ether oxygens (including phenoxy) is 1. The Labute approximate surface area is 106 Å². The van der Waals surface area contributed by atoms with Gasteiger partial charge in [-0.25, -0.2) is 4.79 Å². The molecular formula is C13H18N2O3. The van der Waals surface area contributed by atoms with Gasteiger partial charge in [-0.05, 0) is 25.3 Å². The van der Waals surface area contributed by atoms with Gasteiger partial charge < -0.3 is 20.9 Å². The van der Waals surface area contributed by atoms with Crippen LogP contribution in [-0.2, 0) is 5.54 Å². The lowest BCUT2D eigenvalue weighted by atomic mass is 10.0. The van der Waals surface area contributed by atoms with Crippen LogP contribution in [0.3, 0.4) is 0 Å². The molecule has 0 atom stereocenters.